The van der Waals surface area contributed by atoms with Gasteiger partial charge in [-0.15, -0.1) is 0 Å². The number of halogens is 2. The van der Waals surface area contributed by atoms with E-state index >= 15 is 0 Å². The molecule has 2 amide bonds. The Morgan fingerprint density at radius 1 is 1.13 bits per heavy atom. The molecule has 8 heteroatoms. The summed E-state index contributed by atoms with van der Waals surface area (Å²) in [4.78, 5) is 25.0. The molecule has 3 rings (SSSR count). The number of carbonyl (C=O) groups is 2. The van der Waals surface area contributed by atoms with E-state index in [0.29, 0.717) is 25.3 Å². The minimum absolute atomic E-state index is 0.236. The molecular formula is C23H25Cl2N3O3. The molecule has 1 heterocycles. The van der Waals surface area contributed by atoms with Crippen LogP contribution in [0.3, 0.4) is 0 Å². The highest BCUT2D eigenvalue weighted by Gasteiger charge is 2.21. The van der Waals surface area contributed by atoms with Gasteiger partial charge < -0.3 is 19.5 Å². The van der Waals surface area contributed by atoms with Crippen molar-refractivity contribution in [1.82, 2.24) is 9.47 Å². The molecule has 0 fully saturated rings. The molecule has 1 N–H and O–H groups in total. The van der Waals surface area contributed by atoms with E-state index in [1.165, 1.54) is 5.56 Å². The predicted octanol–water partition coefficient (Wildman–Crippen LogP) is 5.58. The van der Waals surface area contributed by atoms with E-state index in [4.69, 9.17) is 27.9 Å². The van der Waals surface area contributed by atoms with Crippen LogP contribution in [-0.2, 0) is 11.3 Å². The van der Waals surface area contributed by atoms with Gasteiger partial charge in [-0.1, -0.05) is 53.0 Å². The molecule has 0 atom stereocenters. The van der Waals surface area contributed by atoms with Gasteiger partial charge in [0.05, 0.1) is 11.2 Å². The van der Waals surface area contributed by atoms with Gasteiger partial charge in [-0.05, 0) is 44.5 Å². The first-order valence-electron chi connectivity index (χ1n) is 10.1. The maximum Gasteiger partial charge on any atom is 0.415 e. The van der Waals surface area contributed by atoms with Gasteiger partial charge in [-0.2, -0.15) is 0 Å². The number of ether oxygens (including phenoxy) is 1. The van der Waals surface area contributed by atoms with Crippen molar-refractivity contribution >= 4 is 51.8 Å². The number of nitrogens with zero attached hydrogens (tertiary/aromatic N) is 2. The highest BCUT2D eigenvalue weighted by Crippen LogP contribution is 2.35. The fourth-order valence-electron chi connectivity index (χ4n) is 3.43. The number of alkyl halides is 2. The van der Waals surface area contributed by atoms with E-state index in [1.807, 2.05) is 38.2 Å². The van der Waals surface area contributed by atoms with Crippen LogP contribution in [0.2, 0.25) is 0 Å². The molecule has 1 aromatic heterocycles. The second-order valence-corrected chi connectivity index (χ2v) is 8.23. The average molecular weight is 462 g/mol. The van der Waals surface area contributed by atoms with Gasteiger partial charge >= 0.3 is 6.09 Å². The summed E-state index contributed by atoms with van der Waals surface area (Å²) >= 11 is 11.5. The maximum absolute atomic E-state index is 12.5. The van der Waals surface area contributed by atoms with Gasteiger partial charge in [0.15, 0.2) is 10.6 Å². The number of aryl methyl sites for hydroxylation is 1. The zero-order valence-electron chi connectivity index (χ0n) is 17.7. The summed E-state index contributed by atoms with van der Waals surface area (Å²) in [6, 6.07) is 13.7. The lowest BCUT2D eigenvalue weighted by Gasteiger charge is -2.20. The standard InChI is InChI=1S/C23H25Cl2N3O3/c1-4-27(5-2)23(30)31-19-10-9-18-17(20(19)26-22(29)21(24)25)11-12-28(18)14-16-8-6-7-15(3)13-16/h6-13,21H,4-5,14H2,1-3H3,(H,26,29). The first-order valence-corrected chi connectivity index (χ1v) is 10.9. The Morgan fingerprint density at radius 3 is 2.52 bits per heavy atom. The first-order chi connectivity index (χ1) is 14.8. The molecule has 0 bridgehead atoms. The van der Waals surface area contributed by atoms with Crippen molar-refractivity contribution in [2.45, 2.75) is 32.2 Å². The highest BCUT2D eigenvalue weighted by atomic mass is 35.5. The summed E-state index contributed by atoms with van der Waals surface area (Å²) in [5.74, 6) is -0.359. The van der Waals surface area contributed by atoms with Crippen molar-refractivity contribution in [1.29, 1.82) is 0 Å². The van der Waals surface area contributed by atoms with Crippen molar-refractivity contribution in [3.63, 3.8) is 0 Å². The molecule has 0 aliphatic heterocycles. The average Bonchev–Trinajstić information content (AvgIpc) is 3.13. The Labute approximate surface area is 191 Å². The molecule has 0 saturated heterocycles. The normalized spacial score (nSPS) is 11.0. The second-order valence-electron chi connectivity index (χ2n) is 7.13. The summed E-state index contributed by atoms with van der Waals surface area (Å²) in [5, 5.41) is 3.43. The number of fused-ring (bicyclic) bond motifs is 1. The van der Waals surface area contributed by atoms with E-state index in [2.05, 4.69) is 35.0 Å². The molecule has 31 heavy (non-hydrogen) atoms. The topological polar surface area (TPSA) is 63.6 Å². The largest absolute Gasteiger partial charge is 0.415 e. The van der Waals surface area contributed by atoms with Gasteiger partial charge in [0, 0.05) is 31.2 Å². The van der Waals surface area contributed by atoms with Gasteiger partial charge in [0.1, 0.15) is 0 Å². The molecule has 0 spiro atoms. The van der Waals surface area contributed by atoms with Crippen LogP contribution in [0, 0.1) is 6.92 Å². The minimum Gasteiger partial charge on any atom is -0.408 e. The number of hydrogen-bond acceptors (Lipinski definition) is 3. The van der Waals surface area contributed by atoms with Crippen molar-refractivity contribution < 1.29 is 14.3 Å². The molecule has 0 unspecified atom stereocenters. The molecule has 0 aliphatic rings. The lowest BCUT2D eigenvalue weighted by Crippen LogP contribution is -2.33. The van der Waals surface area contributed by atoms with E-state index in [1.54, 1.807) is 11.0 Å². The van der Waals surface area contributed by atoms with Crippen LogP contribution in [0.5, 0.6) is 5.75 Å². The molecule has 164 valence electrons. The zero-order valence-corrected chi connectivity index (χ0v) is 19.2. The van der Waals surface area contributed by atoms with Gasteiger partial charge in [-0.3, -0.25) is 4.79 Å². The third-order valence-electron chi connectivity index (χ3n) is 5.02. The quantitative estimate of drug-likeness (QED) is 0.467. The van der Waals surface area contributed by atoms with E-state index in [9.17, 15) is 9.59 Å². The fraction of sp³-hybridized carbons (Fsp3) is 0.304. The maximum atomic E-state index is 12.5. The number of benzene rings is 2. The van der Waals surface area contributed by atoms with Gasteiger partial charge in [-0.25, -0.2) is 4.79 Å². The zero-order chi connectivity index (χ0) is 22.5. The predicted molar refractivity (Wildman–Crippen MR) is 125 cm³/mol. The Morgan fingerprint density at radius 2 is 1.87 bits per heavy atom. The van der Waals surface area contributed by atoms with Crippen molar-refractivity contribution in [2.75, 3.05) is 18.4 Å². The van der Waals surface area contributed by atoms with Crippen molar-refractivity contribution in [2.24, 2.45) is 0 Å². The number of aromatic nitrogens is 1. The third kappa shape index (κ3) is 5.32. The smallest absolute Gasteiger partial charge is 0.408 e. The van der Waals surface area contributed by atoms with Gasteiger partial charge in [0.2, 0.25) is 0 Å². The second kappa shape index (κ2) is 10.1. The van der Waals surface area contributed by atoms with Crippen molar-refractivity contribution in [3.8, 4) is 5.75 Å². The third-order valence-corrected chi connectivity index (χ3v) is 5.41. The molecule has 3 aromatic rings. The summed E-state index contributed by atoms with van der Waals surface area (Å²) in [7, 11) is 0. The number of amides is 2. The van der Waals surface area contributed by atoms with Gasteiger partial charge in [0.25, 0.3) is 5.91 Å². The van der Waals surface area contributed by atoms with Crippen LogP contribution >= 0.6 is 23.2 Å². The molecule has 0 radical (unpaired) electrons. The fourth-order valence-corrected chi connectivity index (χ4v) is 3.54. The van der Waals surface area contributed by atoms with Crippen LogP contribution in [0.15, 0.2) is 48.7 Å². The SMILES string of the molecule is CCN(CC)C(=O)Oc1ccc2c(ccn2Cc2cccc(C)c2)c1NC(=O)C(Cl)Cl. The Bertz CT molecular complexity index is 1090. The summed E-state index contributed by atoms with van der Waals surface area (Å²) < 4.78 is 7.66. The van der Waals surface area contributed by atoms with E-state index in [0.717, 1.165) is 16.5 Å². The number of carbonyl (C=O) groups excluding carboxylic acids is 2. The van der Waals surface area contributed by atoms with E-state index in [-0.39, 0.29) is 5.75 Å². The number of rotatable bonds is 7. The van der Waals surface area contributed by atoms with Crippen LogP contribution in [0.1, 0.15) is 25.0 Å². The Kier molecular flexibility index (Phi) is 7.46. The molecule has 2 aromatic carbocycles. The number of anilines is 1. The Balaban J connectivity index is 2.02. The lowest BCUT2D eigenvalue weighted by molar-refractivity contribution is -0.114. The van der Waals surface area contributed by atoms with Crippen LogP contribution in [-0.4, -0.2) is 39.4 Å². The Hall–Kier alpha value is -2.70. The number of nitrogens with one attached hydrogen (secondary N) is 1. The van der Waals surface area contributed by atoms with Crippen LogP contribution < -0.4 is 10.1 Å². The molecule has 0 saturated carbocycles. The van der Waals surface area contributed by atoms with E-state index < -0.39 is 16.8 Å². The minimum atomic E-state index is -1.25. The number of hydrogen-bond donors (Lipinski definition) is 1. The van der Waals surface area contributed by atoms with Crippen molar-refractivity contribution in [3.05, 3.63) is 59.8 Å². The first kappa shape index (κ1) is 23.0. The summed E-state index contributed by atoms with van der Waals surface area (Å²) in [5.41, 5.74) is 3.57. The summed E-state index contributed by atoms with van der Waals surface area (Å²) in [6.45, 7) is 7.47. The molecule has 6 nitrogen and oxygen atoms in total. The molecular weight excluding hydrogens is 437 g/mol. The highest BCUT2D eigenvalue weighted by molar-refractivity contribution is 6.54. The van der Waals surface area contributed by atoms with Crippen LogP contribution in [0.25, 0.3) is 10.9 Å². The lowest BCUT2D eigenvalue weighted by atomic mass is 10.1. The van der Waals surface area contributed by atoms with Crippen LogP contribution in [0.4, 0.5) is 10.5 Å². The summed E-state index contributed by atoms with van der Waals surface area (Å²) in [6.07, 6.45) is 1.43. The monoisotopic (exact) mass is 461 g/mol. The molecule has 0 aliphatic carbocycles.